The standard InChI is InChI=1S/C12H17FN2O2/c1-3-8-4-5-9(6-10(8)13)15-12(16)11(14)7-17-2/h4-6,11H,3,7,14H2,1-2H3,(H,15,16). The van der Waals surface area contributed by atoms with Crippen LogP contribution in [0.15, 0.2) is 18.2 Å². The van der Waals surface area contributed by atoms with Crippen LogP contribution in [0.5, 0.6) is 0 Å². The first-order chi connectivity index (χ1) is 8.08. The molecule has 0 aromatic heterocycles. The van der Waals surface area contributed by atoms with Crippen molar-refractivity contribution in [1.29, 1.82) is 0 Å². The number of rotatable bonds is 5. The molecule has 0 aliphatic rings. The summed E-state index contributed by atoms with van der Waals surface area (Å²) in [4.78, 5) is 11.5. The maximum absolute atomic E-state index is 13.4. The normalized spacial score (nSPS) is 12.2. The zero-order valence-corrected chi connectivity index (χ0v) is 10.00. The molecule has 0 saturated carbocycles. The Hall–Kier alpha value is -1.46. The van der Waals surface area contributed by atoms with Crippen LogP contribution in [0.25, 0.3) is 0 Å². The van der Waals surface area contributed by atoms with Gasteiger partial charge in [0.1, 0.15) is 11.9 Å². The number of hydrogen-bond donors (Lipinski definition) is 2. The summed E-state index contributed by atoms with van der Waals surface area (Å²) < 4.78 is 18.2. The number of carbonyl (C=O) groups is 1. The molecule has 1 unspecified atom stereocenters. The van der Waals surface area contributed by atoms with E-state index in [2.05, 4.69) is 5.32 Å². The summed E-state index contributed by atoms with van der Waals surface area (Å²) in [5.41, 5.74) is 6.55. The Morgan fingerprint density at radius 1 is 1.59 bits per heavy atom. The number of anilines is 1. The molecule has 17 heavy (non-hydrogen) atoms. The number of ether oxygens (including phenoxy) is 1. The molecule has 0 aliphatic heterocycles. The quantitative estimate of drug-likeness (QED) is 0.815. The van der Waals surface area contributed by atoms with Crippen molar-refractivity contribution in [3.63, 3.8) is 0 Å². The molecule has 0 spiro atoms. The molecule has 0 heterocycles. The molecule has 3 N–H and O–H groups in total. The topological polar surface area (TPSA) is 64.4 Å². The van der Waals surface area contributed by atoms with Gasteiger partial charge in [0.05, 0.1) is 6.61 Å². The van der Waals surface area contributed by atoms with Crippen LogP contribution in [0.1, 0.15) is 12.5 Å². The van der Waals surface area contributed by atoms with Gasteiger partial charge in [-0.1, -0.05) is 13.0 Å². The number of methoxy groups -OCH3 is 1. The highest BCUT2D eigenvalue weighted by molar-refractivity contribution is 5.94. The van der Waals surface area contributed by atoms with Crippen LogP contribution < -0.4 is 11.1 Å². The van der Waals surface area contributed by atoms with Crippen molar-refractivity contribution < 1.29 is 13.9 Å². The van der Waals surface area contributed by atoms with E-state index in [9.17, 15) is 9.18 Å². The number of halogens is 1. The lowest BCUT2D eigenvalue weighted by molar-refractivity contribution is -0.118. The minimum absolute atomic E-state index is 0.126. The fraction of sp³-hybridized carbons (Fsp3) is 0.417. The summed E-state index contributed by atoms with van der Waals surface area (Å²) >= 11 is 0. The number of carbonyl (C=O) groups excluding carboxylic acids is 1. The summed E-state index contributed by atoms with van der Waals surface area (Å²) in [5.74, 6) is -0.721. The van der Waals surface area contributed by atoms with Gasteiger partial charge in [-0.3, -0.25) is 4.79 Å². The van der Waals surface area contributed by atoms with Gasteiger partial charge in [0.25, 0.3) is 0 Å². The highest BCUT2D eigenvalue weighted by Crippen LogP contribution is 2.15. The van der Waals surface area contributed by atoms with Crippen LogP contribution in [-0.4, -0.2) is 25.7 Å². The summed E-state index contributed by atoms with van der Waals surface area (Å²) in [5, 5.41) is 2.53. The van der Waals surface area contributed by atoms with E-state index < -0.39 is 11.9 Å². The molecule has 0 saturated heterocycles. The molecule has 1 atom stereocenters. The van der Waals surface area contributed by atoms with Gasteiger partial charge in [-0.25, -0.2) is 4.39 Å². The molecule has 1 aromatic carbocycles. The predicted molar refractivity (Wildman–Crippen MR) is 64.3 cm³/mol. The second-order valence-electron chi connectivity index (χ2n) is 3.71. The lowest BCUT2D eigenvalue weighted by atomic mass is 10.1. The third kappa shape index (κ3) is 3.80. The molecular formula is C12H17FN2O2. The van der Waals surface area contributed by atoms with Gasteiger partial charge in [0, 0.05) is 12.8 Å². The molecule has 0 fully saturated rings. The molecule has 1 amide bonds. The zero-order chi connectivity index (χ0) is 12.8. The van der Waals surface area contributed by atoms with Crippen molar-refractivity contribution in [2.45, 2.75) is 19.4 Å². The number of nitrogens with one attached hydrogen (secondary N) is 1. The van der Waals surface area contributed by atoms with Crippen LogP contribution in [0.2, 0.25) is 0 Å². The van der Waals surface area contributed by atoms with Crippen LogP contribution >= 0.6 is 0 Å². The third-order valence-electron chi connectivity index (χ3n) is 2.38. The summed E-state index contributed by atoms with van der Waals surface area (Å²) in [6.07, 6.45) is 0.614. The Morgan fingerprint density at radius 3 is 2.82 bits per heavy atom. The first kappa shape index (κ1) is 13.6. The lowest BCUT2D eigenvalue weighted by Crippen LogP contribution is -2.39. The van der Waals surface area contributed by atoms with E-state index >= 15 is 0 Å². The fourth-order valence-electron chi connectivity index (χ4n) is 1.40. The summed E-state index contributed by atoms with van der Waals surface area (Å²) in [6.45, 7) is 1.99. The van der Waals surface area contributed by atoms with Crippen molar-refractivity contribution in [2.24, 2.45) is 5.73 Å². The van der Waals surface area contributed by atoms with Crippen LogP contribution in [-0.2, 0) is 16.0 Å². The number of hydrogen-bond acceptors (Lipinski definition) is 3. The van der Waals surface area contributed by atoms with E-state index in [0.717, 1.165) is 0 Å². The first-order valence-electron chi connectivity index (χ1n) is 5.42. The Morgan fingerprint density at radius 2 is 2.29 bits per heavy atom. The monoisotopic (exact) mass is 240 g/mol. The summed E-state index contributed by atoms with van der Waals surface area (Å²) in [6, 6.07) is 3.83. The molecule has 5 heteroatoms. The lowest BCUT2D eigenvalue weighted by Gasteiger charge is -2.11. The maximum atomic E-state index is 13.4. The van der Waals surface area contributed by atoms with Crippen molar-refractivity contribution in [3.8, 4) is 0 Å². The Balaban J connectivity index is 2.69. The predicted octanol–water partition coefficient (Wildman–Crippen LogP) is 1.30. The van der Waals surface area contributed by atoms with E-state index in [-0.39, 0.29) is 12.4 Å². The number of amides is 1. The second-order valence-corrected chi connectivity index (χ2v) is 3.71. The fourth-order valence-corrected chi connectivity index (χ4v) is 1.40. The third-order valence-corrected chi connectivity index (χ3v) is 2.38. The van der Waals surface area contributed by atoms with Gasteiger partial charge in [0.15, 0.2) is 0 Å². The smallest absolute Gasteiger partial charge is 0.243 e. The van der Waals surface area contributed by atoms with Gasteiger partial charge in [-0.2, -0.15) is 0 Å². The molecule has 4 nitrogen and oxygen atoms in total. The Kier molecular flexibility index (Phi) is 5.06. The van der Waals surface area contributed by atoms with Gasteiger partial charge < -0.3 is 15.8 Å². The van der Waals surface area contributed by atoms with Gasteiger partial charge >= 0.3 is 0 Å². The van der Waals surface area contributed by atoms with Crippen molar-refractivity contribution in [3.05, 3.63) is 29.6 Å². The average Bonchev–Trinajstić information content (AvgIpc) is 2.29. The molecule has 0 bridgehead atoms. The molecule has 94 valence electrons. The molecular weight excluding hydrogens is 223 g/mol. The van der Waals surface area contributed by atoms with Crippen LogP contribution in [0.4, 0.5) is 10.1 Å². The van der Waals surface area contributed by atoms with Gasteiger partial charge in [0.2, 0.25) is 5.91 Å². The minimum atomic E-state index is -0.756. The average molecular weight is 240 g/mol. The van der Waals surface area contributed by atoms with Crippen molar-refractivity contribution in [2.75, 3.05) is 19.0 Å². The van der Waals surface area contributed by atoms with Crippen molar-refractivity contribution in [1.82, 2.24) is 0 Å². The summed E-state index contributed by atoms with van der Waals surface area (Å²) in [7, 11) is 1.46. The highest BCUT2D eigenvalue weighted by Gasteiger charge is 2.13. The van der Waals surface area contributed by atoms with E-state index in [1.807, 2.05) is 6.92 Å². The number of nitrogens with two attached hydrogens (primary N) is 1. The van der Waals surface area contributed by atoms with Crippen molar-refractivity contribution >= 4 is 11.6 Å². The largest absolute Gasteiger partial charge is 0.383 e. The second kappa shape index (κ2) is 6.32. The molecule has 1 aromatic rings. The van der Waals surface area contributed by atoms with Gasteiger partial charge in [-0.15, -0.1) is 0 Å². The Labute approximate surface area is 100.0 Å². The number of aryl methyl sites for hydroxylation is 1. The molecule has 0 aliphatic carbocycles. The van der Waals surface area contributed by atoms with Crippen LogP contribution in [0, 0.1) is 5.82 Å². The van der Waals surface area contributed by atoms with E-state index in [0.29, 0.717) is 17.7 Å². The SMILES string of the molecule is CCc1ccc(NC(=O)C(N)COC)cc1F. The minimum Gasteiger partial charge on any atom is -0.383 e. The number of benzene rings is 1. The Bertz CT molecular complexity index is 396. The maximum Gasteiger partial charge on any atom is 0.243 e. The molecule has 1 rings (SSSR count). The molecule has 0 radical (unpaired) electrons. The van der Waals surface area contributed by atoms with Gasteiger partial charge in [-0.05, 0) is 24.1 Å². The first-order valence-corrected chi connectivity index (χ1v) is 5.42. The van der Waals surface area contributed by atoms with Crippen LogP contribution in [0.3, 0.4) is 0 Å². The van der Waals surface area contributed by atoms with E-state index in [1.54, 1.807) is 12.1 Å². The highest BCUT2D eigenvalue weighted by atomic mass is 19.1. The zero-order valence-electron chi connectivity index (χ0n) is 10.00. The van der Waals surface area contributed by atoms with E-state index in [1.165, 1.54) is 13.2 Å². The van der Waals surface area contributed by atoms with E-state index in [4.69, 9.17) is 10.5 Å².